The Labute approximate surface area is 183 Å². The van der Waals surface area contributed by atoms with Gasteiger partial charge in [-0.05, 0) is 25.0 Å². The highest BCUT2D eigenvalue weighted by molar-refractivity contribution is 5.93. The lowest BCUT2D eigenvalue weighted by atomic mass is 10.1. The number of aliphatic hydroxyl groups is 2. The summed E-state index contributed by atoms with van der Waals surface area (Å²) in [6.45, 7) is -0.165. The van der Waals surface area contributed by atoms with E-state index in [1.165, 1.54) is 6.92 Å². The van der Waals surface area contributed by atoms with Crippen LogP contribution in [0.5, 0.6) is 0 Å². The number of nitrogens with one attached hydrogen (secondary N) is 4. The van der Waals surface area contributed by atoms with Gasteiger partial charge in [0.25, 0.3) is 0 Å². The van der Waals surface area contributed by atoms with E-state index in [-0.39, 0.29) is 6.42 Å². The minimum atomic E-state index is -1.62. The van der Waals surface area contributed by atoms with E-state index in [1.807, 2.05) is 29.6 Å². The third-order valence-corrected chi connectivity index (χ3v) is 4.76. The Morgan fingerprint density at radius 1 is 1.12 bits per heavy atom. The zero-order valence-corrected chi connectivity index (χ0v) is 17.4. The Kier molecular flexibility index (Phi) is 8.70. The predicted molar refractivity (Wildman–Crippen MR) is 113 cm³/mol. The van der Waals surface area contributed by atoms with Crippen LogP contribution in [-0.2, 0) is 25.6 Å². The molecular formula is C20H27N5O7. The van der Waals surface area contributed by atoms with E-state index in [1.54, 1.807) is 6.20 Å². The summed E-state index contributed by atoms with van der Waals surface area (Å²) in [5, 5.41) is 35.2. The van der Waals surface area contributed by atoms with Crippen molar-refractivity contribution in [2.24, 2.45) is 5.73 Å². The number of carboxylic acid groups (broad SMARTS) is 1. The number of aliphatic carboxylic acids is 1. The summed E-state index contributed by atoms with van der Waals surface area (Å²) in [6, 6.07) is 3.51. The smallest absolute Gasteiger partial charge is 0.328 e. The molecule has 0 aliphatic heterocycles. The Hall–Kier alpha value is -3.48. The van der Waals surface area contributed by atoms with Crippen LogP contribution >= 0.6 is 0 Å². The van der Waals surface area contributed by atoms with E-state index >= 15 is 0 Å². The maximum Gasteiger partial charge on any atom is 0.328 e. The van der Waals surface area contributed by atoms with Gasteiger partial charge in [-0.3, -0.25) is 14.4 Å². The topological polar surface area (TPSA) is 207 Å². The van der Waals surface area contributed by atoms with Crippen LogP contribution in [0.3, 0.4) is 0 Å². The van der Waals surface area contributed by atoms with E-state index in [2.05, 4.69) is 15.6 Å². The average molecular weight is 449 g/mol. The highest BCUT2D eigenvalue weighted by Gasteiger charge is 2.29. The van der Waals surface area contributed by atoms with Gasteiger partial charge in [-0.2, -0.15) is 0 Å². The number of fused-ring (bicyclic) bond motifs is 1. The summed E-state index contributed by atoms with van der Waals surface area (Å²) in [6.07, 6.45) is 0.589. The van der Waals surface area contributed by atoms with E-state index in [4.69, 9.17) is 10.8 Å². The van der Waals surface area contributed by atoms with Gasteiger partial charge in [0.1, 0.15) is 6.04 Å². The summed E-state index contributed by atoms with van der Waals surface area (Å²) in [4.78, 5) is 50.5. The normalized spacial score (nSPS) is 14.8. The van der Waals surface area contributed by atoms with E-state index in [0.717, 1.165) is 16.5 Å². The van der Waals surface area contributed by atoms with Gasteiger partial charge in [0, 0.05) is 17.1 Å². The van der Waals surface area contributed by atoms with Crippen molar-refractivity contribution < 1.29 is 34.5 Å². The lowest BCUT2D eigenvalue weighted by molar-refractivity contribution is -0.145. The largest absolute Gasteiger partial charge is 0.480 e. The molecule has 2 aromatic rings. The van der Waals surface area contributed by atoms with Crippen molar-refractivity contribution in [2.75, 3.05) is 13.2 Å². The fourth-order valence-electron chi connectivity index (χ4n) is 3.01. The molecule has 12 heteroatoms. The molecule has 0 saturated carbocycles. The minimum Gasteiger partial charge on any atom is -0.480 e. The summed E-state index contributed by atoms with van der Waals surface area (Å²) < 4.78 is 0. The quantitative estimate of drug-likeness (QED) is 0.185. The van der Waals surface area contributed by atoms with Gasteiger partial charge in [-0.1, -0.05) is 18.2 Å². The molecule has 3 amide bonds. The first-order chi connectivity index (χ1) is 15.1. The fraction of sp³-hybridized carbons (Fsp3) is 0.400. The SMILES string of the molecule is CC(O)C(NC(=O)C(CO)NC(=O)CNC(=O)C(N)Cc1c[nH]c2ccccc12)C(=O)O. The molecule has 2 rings (SSSR count). The van der Waals surface area contributed by atoms with Crippen LogP contribution in [0.25, 0.3) is 10.9 Å². The summed E-state index contributed by atoms with van der Waals surface area (Å²) >= 11 is 0. The third-order valence-electron chi connectivity index (χ3n) is 4.76. The zero-order valence-electron chi connectivity index (χ0n) is 17.4. The standard InChI is InChI=1S/C20H27N5O7/c1-10(27)17(20(31)32)25-19(30)15(9-26)24-16(28)8-23-18(29)13(21)6-11-7-22-14-5-3-2-4-12(11)14/h2-5,7,10,13,15,17,22,26-27H,6,8-9,21H2,1H3,(H,23,29)(H,24,28)(H,25,30)(H,31,32). The number of para-hydroxylation sites is 1. The number of rotatable bonds is 11. The summed E-state index contributed by atoms with van der Waals surface area (Å²) in [5.74, 6) is -3.87. The second-order valence-electron chi connectivity index (χ2n) is 7.26. The molecule has 32 heavy (non-hydrogen) atoms. The fourth-order valence-corrected chi connectivity index (χ4v) is 3.01. The zero-order chi connectivity index (χ0) is 23.8. The van der Waals surface area contributed by atoms with Gasteiger partial charge in [-0.25, -0.2) is 4.79 Å². The van der Waals surface area contributed by atoms with Crippen LogP contribution in [0, 0.1) is 0 Å². The molecule has 1 aromatic heterocycles. The van der Waals surface area contributed by atoms with Crippen molar-refractivity contribution in [3.8, 4) is 0 Å². The Bertz CT molecular complexity index is 974. The lowest BCUT2D eigenvalue weighted by Crippen LogP contribution is -2.57. The van der Waals surface area contributed by atoms with Crippen molar-refractivity contribution in [2.45, 2.75) is 37.6 Å². The van der Waals surface area contributed by atoms with Crippen LogP contribution in [-0.4, -0.2) is 81.4 Å². The number of carboxylic acids is 1. The van der Waals surface area contributed by atoms with E-state index in [0.29, 0.717) is 0 Å². The van der Waals surface area contributed by atoms with Crippen molar-refractivity contribution in [3.63, 3.8) is 0 Å². The maximum absolute atomic E-state index is 12.2. The number of aromatic nitrogens is 1. The molecule has 0 bridgehead atoms. The number of aromatic amines is 1. The van der Waals surface area contributed by atoms with Crippen LogP contribution in [0.1, 0.15) is 12.5 Å². The highest BCUT2D eigenvalue weighted by atomic mass is 16.4. The van der Waals surface area contributed by atoms with Crippen LogP contribution < -0.4 is 21.7 Å². The van der Waals surface area contributed by atoms with E-state index < -0.39 is 61.1 Å². The minimum absolute atomic E-state index is 0.231. The number of carbonyl (C=O) groups excluding carboxylic acids is 3. The molecule has 0 saturated heterocycles. The molecule has 1 aromatic carbocycles. The van der Waals surface area contributed by atoms with Crippen molar-refractivity contribution in [3.05, 3.63) is 36.0 Å². The number of hydrogen-bond donors (Lipinski definition) is 8. The second kappa shape index (κ2) is 11.2. The molecule has 0 fully saturated rings. The van der Waals surface area contributed by atoms with Crippen molar-refractivity contribution in [1.29, 1.82) is 0 Å². The third kappa shape index (κ3) is 6.51. The Morgan fingerprint density at radius 2 is 1.81 bits per heavy atom. The molecule has 0 aliphatic carbocycles. The molecule has 0 aliphatic rings. The molecule has 174 valence electrons. The molecule has 0 radical (unpaired) electrons. The van der Waals surface area contributed by atoms with Gasteiger partial charge in [-0.15, -0.1) is 0 Å². The molecule has 12 nitrogen and oxygen atoms in total. The Morgan fingerprint density at radius 3 is 2.44 bits per heavy atom. The maximum atomic E-state index is 12.2. The second-order valence-corrected chi connectivity index (χ2v) is 7.26. The molecule has 9 N–H and O–H groups in total. The number of hydrogen-bond acceptors (Lipinski definition) is 7. The predicted octanol–water partition coefficient (Wildman–Crippen LogP) is -2.42. The molecule has 4 unspecified atom stereocenters. The molecule has 0 spiro atoms. The van der Waals surface area contributed by atoms with E-state index in [9.17, 15) is 29.4 Å². The first kappa shape index (κ1) is 24.8. The van der Waals surface area contributed by atoms with Crippen molar-refractivity contribution in [1.82, 2.24) is 20.9 Å². The van der Waals surface area contributed by atoms with Gasteiger partial charge in [0.2, 0.25) is 17.7 Å². The highest BCUT2D eigenvalue weighted by Crippen LogP contribution is 2.18. The van der Waals surface area contributed by atoms with Crippen molar-refractivity contribution >= 4 is 34.6 Å². The van der Waals surface area contributed by atoms with Crippen LogP contribution in [0.15, 0.2) is 30.5 Å². The summed E-state index contributed by atoms with van der Waals surface area (Å²) in [5.41, 5.74) is 7.68. The monoisotopic (exact) mass is 449 g/mol. The molecular weight excluding hydrogens is 422 g/mol. The number of aliphatic hydroxyl groups excluding tert-OH is 2. The first-order valence-corrected chi connectivity index (χ1v) is 9.83. The number of amides is 3. The van der Waals surface area contributed by atoms with Crippen LogP contribution in [0.4, 0.5) is 0 Å². The molecule has 4 atom stereocenters. The number of carbonyl (C=O) groups is 4. The number of benzene rings is 1. The number of nitrogens with two attached hydrogens (primary N) is 1. The number of H-pyrrole nitrogens is 1. The Balaban J connectivity index is 1.85. The van der Waals surface area contributed by atoms with Gasteiger partial charge in [0.05, 0.1) is 25.3 Å². The first-order valence-electron chi connectivity index (χ1n) is 9.83. The average Bonchev–Trinajstić information content (AvgIpc) is 3.16. The lowest BCUT2D eigenvalue weighted by Gasteiger charge is -2.21. The van der Waals surface area contributed by atoms with Gasteiger partial charge in [0.15, 0.2) is 6.04 Å². The molecule has 1 heterocycles. The van der Waals surface area contributed by atoms with Crippen LogP contribution in [0.2, 0.25) is 0 Å². The summed E-state index contributed by atoms with van der Waals surface area (Å²) in [7, 11) is 0. The van der Waals surface area contributed by atoms with Gasteiger partial charge >= 0.3 is 5.97 Å². The van der Waals surface area contributed by atoms with Gasteiger partial charge < -0.3 is 42.0 Å².